The third kappa shape index (κ3) is 4.22. The van der Waals surface area contributed by atoms with Crippen molar-refractivity contribution >= 4 is 15.7 Å². The molecule has 1 N–H and O–H groups in total. The summed E-state index contributed by atoms with van der Waals surface area (Å²) in [5.74, 6) is -4.71. The highest BCUT2D eigenvalue weighted by molar-refractivity contribution is 7.90. The molecule has 17 heavy (non-hydrogen) atoms. The lowest BCUT2D eigenvalue weighted by Crippen LogP contribution is -2.26. The lowest BCUT2D eigenvalue weighted by molar-refractivity contribution is 0.466. The molecule has 1 heterocycles. The molecular weight excluding hydrogens is 257 g/mol. The first-order valence-corrected chi connectivity index (χ1v) is 6.71. The van der Waals surface area contributed by atoms with Crippen LogP contribution in [0.15, 0.2) is 6.07 Å². The molecule has 1 aromatic rings. The number of halogens is 3. The normalized spacial score (nSPS) is 13.5. The Kier molecular flexibility index (Phi) is 3.97. The fourth-order valence-corrected chi connectivity index (χ4v) is 2.27. The summed E-state index contributed by atoms with van der Waals surface area (Å²) in [6.07, 6.45) is 1.01. The highest BCUT2D eigenvalue weighted by Gasteiger charge is 2.16. The monoisotopic (exact) mass is 268 g/mol. The molecule has 0 bridgehead atoms. The number of nitrogens with one attached hydrogen (secondary N) is 1. The molecule has 0 aliphatic rings. The van der Waals surface area contributed by atoms with Crippen LogP contribution in [-0.4, -0.2) is 31.5 Å². The minimum Gasteiger partial charge on any atom is -0.364 e. The van der Waals surface area contributed by atoms with Crippen LogP contribution in [0.3, 0.4) is 0 Å². The number of anilines is 1. The lowest BCUT2D eigenvalue weighted by Gasteiger charge is -2.13. The van der Waals surface area contributed by atoms with Gasteiger partial charge in [0.15, 0.2) is 17.5 Å². The second kappa shape index (κ2) is 4.91. The molecule has 1 aromatic heterocycles. The molecular formula is C9H11F3N2O2S. The third-order valence-electron chi connectivity index (χ3n) is 1.82. The maximum Gasteiger partial charge on any atom is 0.251 e. The van der Waals surface area contributed by atoms with E-state index in [1.165, 1.54) is 6.92 Å². The molecule has 8 heteroatoms. The Morgan fingerprint density at radius 1 is 1.35 bits per heavy atom. The standard InChI is InChI=1S/C9H11F3N2O2S/c1-5(4-17(2,15)16)13-9-7(11)3-6(10)8(12)14-9/h3,5H,4H2,1-2H3,(H,13,14). The Hall–Kier alpha value is -1.31. The van der Waals surface area contributed by atoms with Crippen LogP contribution in [0.1, 0.15) is 6.92 Å². The van der Waals surface area contributed by atoms with Gasteiger partial charge >= 0.3 is 0 Å². The van der Waals surface area contributed by atoms with E-state index < -0.39 is 39.3 Å². The molecule has 1 rings (SSSR count). The number of rotatable bonds is 4. The van der Waals surface area contributed by atoms with Gasteiger partial charge in [-0.2, -0.15) is 9.37 Å². The van der Waals surface area contributed by atoms with E-state index in [0.29, 0.717) is 6.07 Å². The van der Waals surface area contributed by atoms with Crippen LogP contribution in [0.4, 0.5) is 19.0 Å². The molecule has 96 valence electrons. The van der Waals surface area contributed by atoms with Gasteiger partial charge in [-0.25, -0.2) is 17.2 Å². The molecule has 0 saturated carbocycles. The van der Waals surface area contributed by atoms with Crippen LogP contribution < -0.4 is 5.32 Å². The molecule has 0 aliphatic heterocycles. The van der Waals surface area contributed by atoms with Crippen molar-refractivity contribution < 1.29 is 21.6 Å². The van der Waals surface area contributed by atoms with Gasteiger partial charge in [0.05, 0.1) is 5.75 Å². The smallest absolute Gasteiger partial charge is 0.251 e. The lowest BCUT2D eigenvalue weighted by atomic mass is 10.3. The molecule has 0 aromatic carbocycles. The van der Waals surface area contributed by atoms with Crippen LogP contribution in [-0.2, 0) is 9.84 Å². The molecule has 0 fully saturated rings. The highest BCUT2D eigenvalue weighted by Crippen LogP contribution is 2.15. The molecule has 0 aliphatic carbocycles. The molecule has 1 unspecified atom stereocenters. The second-order valence-corrected chi connectivity index (χ2v) is 5.91. The minimum atomic E-state index is -3.26. The van der Waals surface area contributed by atoms with Crippen molar-refractivity contribution in [1.29, 1.82) is 0 Å². The Morgan fingerprint density at radius 2 is 1.94 bits per heavy atom. The van der Waals surface area contributed by atoms with Crippen LogP contribution in [0.5, 0.6) is 0 Å². The maximum absolute atomic E-state index is 13.1. The van der Waals surface area contributed by atoms with Crippen LogP contribution in [0, 0.1) is 17.6 Å². The van der Waals surface area contributed by atoms with Gasteiger partial charge in [0.2, 0.25) is 0 Å². The topological polar surface area (TPSA) is 59.1 Å². The predicted molar refractivity (Wildman–Crippen MR) is 56.9 cm³/mol. The number of aromatic nitrogens is 1. The third-order valence-corrected chi connectivity index (χ3v) is 2.93. The summed E-state index contributed by atoms with van der Waals surface area (Å²) in [5.41, 5.74) is 0. The zero-order valence-corrected chi connectivity index (χ0v) is 9.98. The Bertz CT molecular complexity index is 519. The summed E-state index contributed by atoms with van der Waals surface area (Å²) in [6, 6.07) is -0.325. The number of hydrogen-bond donors (Lipinski definition) is 1. The van der Waals surface area contributed by atoms with E-state index in [1.807, 2.05) is 0 Å². The molecule has 0 radical (unpaired) electrons. The Labute approximate surface area is 96.8 Å². The van der Waals surface area contributed by atoms with Crippen molar-refractivity contribution in [1.82, 2.24) is 4.98 Å². The summed E-state index contributed by atoms with van der Waals surface area (Å²) in [7, 11) is -3.26. The van der Waals surface area contributed by atoms with E-state index in [2.05, 4.69) is 10.3 Å². The zero-order valence-electron chi connectivity index (χ0n) is 9.17. The van der Waals surface area contributed by atoms with Crippen molar-refractivity contribution in [2.24, 2.45) is 0 Å². The van der Waals surface area contributed by atoms with Gasteiger partial charge in [0.1, 0.15) is 9.84 Å². The Balaban J connectivity index is 2.85. The second-order valence-electron chi connectivity index (χ2n) is 3.73. The van der Waals surface area contributed by atoms with Gasteiger partial charge in [0.25, 0.3) is 5.95 Å². The van der Waals surface area contributed by atoms with E-state index >= 15 is 0 Å². The van der Waals surface area contributed by atoms with Gasteiger partial charge in [-0.15, -0.1) is 0 Å². The highest BCUT2D eigenvalue weighted by atomic mass is 32.2. The summed E-state index contributed by atoms with van der Waals surface area (Å²) in [6.45, 7) is 1.46. The van der Waals surface area contributed by atoms with E-state index in [0.717, 1.165) is 6.26 Å². The fraction of sp³-hybridized carbons (Fsp3) is 0.444. The fourth-order valence-electron chi connectivity index (χ4n) is 1.27. The van der Waals surface area contributed by atoms with Gasteiger partial charge in [-0.3, -0.25) is 0 Å². The summed E-state index contributed by atoms with van der Waals surface area (Å²) in [4.78, 5) is 3.02. The minimum absolute atomic E-state index is 0.271. The largest absolute Gasteiger partial charge is 0.364 e. The van der Waals surface area contributed by atoms with E-state index in [4.69, 9.17) is 0 Å². The summed E-state index contributed by atoms with van der Waals surface area (Å²) >= 11 is 0. The maximum atomic E-state index is 13.1. The van der Waals surface area contributed by atoms with Crippen LogP contribution >= 0.6 is 0 Å². The first-order valence-electron chi connectivity index (χ1n) is 4.65. The molecule has 0 saturated heterocycles. The number of hydrogen-bond acceptors (Lipinski definition) is 4. The number of sulfone groups is 1. The molecule has 0 spiro atoms. The number of nitrogens with zero attached hydrogens (tertiary/aromatic N) is 1. The van der Waals surface area contributed by atoms with E-state index in [9.17, 15) is 21.6 Å². The van der Waals surface area contributed by atoms with Crippen LogP contribution in [0.25, 0.3) is 0 Å². The van der Waals surface area contributed by atoms with Crippen molar-refractivity contribution in [3.05, 3.63) is 23.6 Å². The zero-order chi connectivity index (χ0) is 13.2. The van der Waals surface area contributed by atoms with E-state index in [1.54, 1.807) is 0 Å². The van der Waals surface area contributed by atoms with Gasteiger partial charge < -0.3 is 5.32 Å². The first-order chi connectivity index (χ1) is 7.69. The van der Waals surface area contributed by atoms with Crippen molar-refractivity contribution in [2.45, 2.75) is 13.0 Å². The van der Waals surface area contributed by atoms with Gasteiger partial charge in [0, 0.05) is 18.4 Å². The summed E-state index contributed by atoms with van der Waals surface area (Å²) in [5, 5.41) is 2.36. The first kappa shape index (κ1) is 13.8. The predicted octanol–water partition coefficient (Wildman–Crippen LogP) is 1.34. The quantitative estimate of drug-likeness (QED) is 0.837. The molecule has 4 nitrogen and oxygen atoms in total. The van der Waals surface area contributed by atoms with Gasteiger partial charge in [-0.05, 0) is 6.92 Å². The number of pyridine rings is 1. The van der Waals surface area contributed by atoms with E-state index in [-0.39, 0.29) is 5.75 Å². The molecule has 0 amide bonds. The van der Waals surface area contributed by atoms with Crippen molar-refractivity contribution in [2.75, 3.05) is 17.3 Å². The van der Waals surface area contributed by atoms with Crippen molar-refractivity contribution in [3.63, 3.8) is 0 Å². The van der Waals surface area contributed by atoms with Crippen LogP contribution in [0.2, 0.25) is 0 Å². The Morgan fingerprint density at radius 3 is 2.47 bits per heavy atom. The summed E-state index contributed by atoms with van der Waals surface area (Å²) < 4.78 is 60.3. The molecule has 1 atom stereocenters. The average molecular weight is 268 g/mol. The van der Waals surface area contributed by atoms with Crippen molar-refractivity contribution in [3.8, 4) is 0 Å². The SMILES string of the molecule is CC(CS(C)(=O)=O)Nc1nc(F)c(F)cc1F. The average Bonchev–Trinajstić information content (AvgIpc) is 2.11. The van der Waals surface area contributed by atoms with Gasteiger partial charge in [-0.1, -0.05) is 0 Å².